The van der Waals surface area contributed by atoms with Crippen molar-refractivity contribution in [1.82, 2.24) is 9.71 Å². The topological polar surface area (TPSA) is 138 Å². The average molecular weight is 525 g/mol. The molecule has 1 aromatic heterocycles. The number of aromatic nitrogens is 1. The second-order valence-corrected chi connectivity index (χ2v) is 10.5. The van der Waals surface area contributed by atoms with Gasteiger partial charge in [-0.15, -0.1) is 0 Å². The maximum atomic E-state index is 13.0. The fourth-order valence-electron chi connectivity index (χ4n) is 3.18. The predicted molar refractivity (Wildman–Crippen MR) is 137 cm³/mol. The molecule has 0 aliphatic heterocycles. The maximum Gasteiger partial charge on any atom is 0.264 e. The number of nitrogens with one attached hydrogen (secondary N) is 2. The predicted octanol–water partition coefficient (Wildman–Crippen LogP) is 3.96. The van der Waals surface area contributed by atoms with Gasteiger partial charge in [-0.2, -0.15) is 5.26 Å². The molecular weight excluding hydrogens is 500 g/mol. The molecule has 2 amide bonds. The lowest BCUT2D eigenvalue weighted by Crippen LogP contribution is -2.28. The number of sulfonamides is 1. The first-order valence-corrected chi connectivity index (χ1v) is 13.2. The van der Waals surface area contributed by atoms with Gasteiger partial charge in [0.1, 0.15) is 16.8 Å². The molecule has 0 bridgehead atoms. The van der Waals surface area contributed by atoms with E-state index in [-0.39, 0.29) is 10.8 Å². The lowest BCUT2D eigenvalue weighted by molar-refractivity contribution is -0.117. The van der Waals surface area contributed by atoms with Crippen LogP contribution in [0.3, 0.4) is 0 Å². The van der Waals surface area contributed by atoms with Crippen LogP contribution in [0.25, 0.3) is 11.3 Å². The monoisotopic (exact) mass is 524 g/mol. The van der Waals surface area contributed by atoms with Crippen LogP contribution >= 0.6 is 11.8 Å². The maximum absolute atomic E-state index is 13.0. The number of anilines is 1. The van der Waals surface area contributed by atoms with E-state index >= 15 is 0 Å². The highest BCUT2D eigenvalue weighted by molar-refractivity contribution is 8.00. The molecule has 0 spiro atoms. The summed E-state index contributed by atoms with van der Waals surface area (Å²) in [6.07, 6.45) is 0.463. The van der Waals surface area contributed by atoms with Gasteiger partial charge in [-0.05, 0) is 67.1 Å². The second-order valence-electron chi connectivity index (χ2n) is 7.58. The normalized spacial score (nSPS) is 11.7. The molecule has 0 radical (unpaired) electrons. The van der Waals surface area contributed by atoms with Gasteiger partial charge >= 0.3 is 0 Å². The van der Waals surface area contributed by atoms with Crippen LogP contribution in [0, 0.1) is 11.3 Å². The zero-order chi connectivity index (χ0) is 26.3. The first kappa shape index (κ1) is 26.7. The SMILES string of the molecule is CCC(Sc1nc(-c2ccc(OC)cc2)ccc1C#N)C(=O)Nc1ccc(S(=O)(=O)NC(C)=O)cc1. The van der Waals surface area contributed by atoms with Crippen molar-refractivity contribution in [3.63, 3.8) is 0 Å². The summed E-state index contributed by atoms with van der Waals surface area (Å²) in [5.74, 6) is -0.303. The average Bonchev–Trinajstić information content (AvgIpc) is 2.86. The number of rotatable bonds is 9. The van der Waals surface area contributed by atoms with Gasteiger partial charge in [0.15, 0.2) is 0 Å². The number of thioether (sulfide) groups is 1. The lowest BCUT2D eigenvalue weighted by atomic mass is 10.1. The van der Waals surface area contributed by atoms with Crippen molar-refractivity contribution in [2.24, 2.45) is 0 Å². The minimum atomic E-state index is -3.97. The Balaban J connectivity index is 1.77. The van der Waals surface area contributed by atoms with Crippen LogP contribution in [0.2, 0.25) is 0 Å². The van der Waals surface area contributed by atoms with Gasteiger partial charge < -0.3 is 10.1 Å². The Morgan fingerprint density at radius 1 is 1.08 bits per heavy atom. The standard InChI is InChI=1S/C25H24N4O5S2/c1-4-23(24(31)27-19-8-12-21(13-9-19)36(32,33)29-16(2)30)35-25-18(15-26)7-14-22(28-25)17-5-10-20(34-3)11-6-17/h5-14,23H,4H2,1-3H3,(H,27,31)(H,29,30). The fourth-order valence-corrected chi connectivity index (χ4v) is 5.17. The first-order valence-electron chi connectivity index (χ1n) is 10.8. The van der Waals surface area contributed by atoms with Crippen molar-refractivity contribution < 1.29 is 22.7 Å². The minimum absolute atomic E-state index is 0.102. The van der Waals surface area contributed by atoms with Gasteiger partial charge in [0.25, 0.3) is 10.0 Å². The van der Waals surface area contributed by atoms with E-state index in [0.717, 1.165) is 12.5 Å². The summed E-state index contributed by atoms with van der Waals surface area (Å²) in [6.45, 7) is 2.95. The molecule has 11 heteroatoms. The Hall–Kier alpha value is -3.88. The van der Waals surface area contributed by atoms with Crippen molar-refractivity contribution in [3.05, 3.63) is 66.2 Å². The van der Waals surface area contributed by atoms with Crippen molar-refractivity contribution in [2.45, 2.75) is 35.4 Å². The van der Waals surface area contributed by atoms with Crippen molar-refractivity contribution in [2.75, 3.05) is 12.4 Å². The van der Waals surface area contributed by atoms with Gasteiger partial charge in [0, 0.05) is 18.2 Å². The van der Waals surface area contributed by atoms with E-state index in [4.69, 9.17) is 4.74 Å². The van der Waals surface area contributed by atoms with Crippen LogP contribution in [-0.4, -0.2) is 37.6 Å². The number of amides is 2. The zero-order valence-corrected chi connectivity index (χ0v) is 21.4. The Labute approximate surface area is 213 Å². The summed E-state index contributed by atoms with van der Waals surface area (Å²) in [7, 11) is -2.38. The molecule has 0 saturated carbocycles. The van der Waals surface area contributed by atoms with Gasteiger partial charge in [-0.25, -0.2) is 18.1 Å². The molecule has 3 aromatic rings. The molecule has 9 nitrogen and oxygen atoms in total. The number of nitrogens with zero attached hydrogens (tertiary/aromatic N) is 2. The highest BCUT2D eigenvalue weighted by Crippen LogP contribution is 2.31. The van der Waals surface area contributed by atoms with E-state index in [0.29, 0.717) is 34.1 Å². The molecular formula is C25H24N4O5S2. The molecule has 0 fully saturated rings. The van der Waals surface area contributed by atoms with Crippen LogP contribution in [0.4, 0.5) is 5.69 Å². The molecule has 0 aliphatic carbocycles. The summed E-state index contributed by atoms with van der Waals surface area (Å²) in [5.41, 5.74) is 2.25. The number of pyridine rings is 1. The fraction of sp³-hybridized carbons (Fsp3) is 0.200. The third-order valence-corrected chi connectivity index (χ3v) is 7.81. The zero-order valence-electron chi connectivity index (χ0n) is 19.8. The third kappa shape index (κ3) is 6.62. The van der Waals surface area contributed by atoms with Crippen molar-refractivity contribution >= 4 is 39.3 Å². The summed E-state index contributed by atoms with van der Waals surface area (Å²) in [4.78, 5) is 28.6. The highest BCUT2D eigenvalue weighted by Gasteiger charge is 2.22. The summed E-state index contributed by atoms with van der Waals surface area (Å²) in [6, 6.07) is 18.4. The minimum Gasteiger partial charge on any atom is -0.497 e. The molecule has 2 N–H and O–H groups in total. The summed E-state index contributed by atoms with van der Waals surface area (Å²) >= 11 is 1.18. The van der Waals surface area contributed by atoms with Gasteiger partial charge in [0.2, 0.25) is 11.8 Å². The Bertz CT molecular complexity index is 1400. The highest BCUT2D eigenvalue weighted by atomic mass is 32.2. The van der Waals surface area contributed by atoms with Crippen molar-refractivity contribution in [1.29, 1.82) is 5.26 Å². The van der Waals surface area contributed by atoms with Gasteiger partial charge in [-0.1, -0.05) is 18.7 Å². The Morgan fingerprint density at radius 2 is 1.75 bits per heavy atom. The van der Waals surface area contributed by atoms with E-state index in [2.05, 4.69) is 16.4 Å². The van der Waals surface area contributed by atoms with E-state index in [1.807, 2.05) is 35.9 Å². The van der Waals surface area contributed by atoms with Crippen LogP contribution in [0.5, 0.6) is 5.75 Å². The summed E-state index contributed by atoms with van der Waals surface area (Å²) < 4.78 is 31.3. The second kappa shape index (κ2) is 11.7. The molecule has 0 aliphatic rings. The molecule has 1 heterocycles. The van der Waals surface area contributed by atoms with Crippen molar-refractivity contribution in [3.8, 4) is 23.1 Å². The van der Waals surface area contributed by atoms with Gasteiger partial charge in [-0.3, -0.25) is 9.59 Å². The summed E-state index contributed by atoms with van der Waals surface area (Å²) in [5, 5.41) is 12.2. The number of carbonyl (C=O) groups is 2. The number of ether oxygens (including phenoxy) is 1. The number of hydrogen-bond donors (Lipinski definition) is 2. The lowest BCUT2D eigenvalue weighted by Gasteiger charge is -2.16. The molecule has 3 rings (SSSR count). The molecule has 2 aromatic carbocycles. The largest absolute Gasteiger partial charge is 0.497 e. The smallest absolute Gasteiger partial charge is 0.264 e. The Kier molecular flexibility index (Phi) is 8.68. The molecule has 186 valence electrons. The van der Waals surface area contributed by atoms with E-state index in [9.17, 15) is 23.3 Å². The first-order chi connectivity index (χ1) is 17.2. The van der Waals surface area contributed by atoms with Crippen LogP contribution in [0.1, 0.15) is 25.8 Å². The van der Waals surface area contributed by atoms with Crippen LogP contribution in [-0.2, 0) is 19.6 Å². The molecule has 0 saturated heterocycles. The number of nitriles is 1. The number of benzene rings is 2. The van der Waals surface area contributed by atoms with E-state index in [1.165, 1.54) is 36.0 Å². The van der Waals surface area contributed by atoms with Crippen LogP contribution < -0.4 is 14.8 Å². The Morgan fingerprint density at radius 3 is 2.31 bits per heavy atom. The quantitative estimate of drug-likeness (QED) is 0.401. The number of carbonyl (C=O) groups excluding carboxylic acids is 2. The van der Waals surface area contributed by atoms with E-state index < -0.39 is 21.2 Å². The van der Waals surface area contributed by atoms with E-state index in [1.54, 1.807) is 19.2 Å². The number of hydrogen-bond acceptors (Lipinski definition) is 8. The molecule has 1 unspecified atom stereocenters. The third-order valence-electron chi connectivity index (χ3n) is 4.99. The molecule has 1 atom stereocenters. The number of methoxy groups -OCH3 is 1. The molecule has 36 heavy (non-hydrogen) atoms. The van der Waals surface area contributed by atoms with Crippen LogP contribution in [0.15, 0.2) is 70.6 Å². The van der Waals surface area contributed by atoms with Gasteiger partial charge in [0.05, 0.1) is 28.5 Å².